The highest BCUT2D eigenvalue weighted by Crippen LogP contribution is 2.23. The highest BCUT2D eigenvalue weighted by molar-refractivity contribution is 6.35. The van der Waals surface area contributed by atoms with Gasteiger partial charge in [0.25, 0.3) is 0 Å². The number of pyridine rings is 1. The molecular weight excluding hydrogens is 172 g/mol. The topological polar surface area (TPSA) is 38.9 Å². The molecule has 1 aromatic carbocycles. The number of halogens is 1. The number of benzene rings is 1. The van der Waals surface area contributed by atoms with Crippen molar-refractivity contribution in [2.75, 3.05) is 5.73 Å². The summed E-state index contributed by atoms with van der Waals surface area (Å²) in [5, 5.41) is 2.60. The molecule has 0 saturated carbocycles. The molecule has 0 aliphatic rings. The smallest absolute Gasteiger partial charge is 0.0668 e. The summed E-state index contributed by atoms with van der Waals surface area (Å²) in [6.07, 6.45) is 3.38. The molecule has 0 atom stereocenters. The fourth-order valence-electron chi connectivity index (χ4n) is 1.15. The van der Waals surface area contributed by atoms with Gasteiger partial charge in [-0.1, -0.05) is 17.7 Å². The maximum Gasteiger partial charge on any atom is 0.0668 e. The number of nitrogens with zero attached hydrogens (tertiary/aromatic N) is 1. The zero-order chi connectivity index (χ0) is 8.55. The van der Waals surface area contributed by atoms with E-state index in [1.165, 1.54) is 0 Å². The van der Waals surface area contributed by atoms with Crippen LogP contribution in [-0.2, 0) is 0 Å². The number of fused-ring (bicyclic) bond motifs is 1. The van der Waals surface area contributed by atoms with E-state index in [0.717, 1.165) is 16.5 Å². The van der Waals surface area contributed by atoms with Crippen molar-refractivity contribution in [1.82, 2.24) is 4.98 Å². The summed E-state index contributed by atoms with van der Waals surface area (Å²) in [7, 11) is 0. The first-order valence-corrected chi connectivity index (χ1v) is 3.94. The van der Waals surface area contributed by atoms with Crippen LogP contribution in [0.2, 0.25) is 5.02 Å². The molecule has 0 spiro atoms. The van der Waals surface area contributed by atoms with Crippen LogP contribution < -0.4 is 5.73 Å². The van der Waals surface area contributed by atoms with Crippen molar-refractivity contribution in [3.63, 3.8) is 0 Å². The van der Waals surface area contributed by atoms with Crippen LogP contribution in [0.1, 0.15) is 0 Å². The minimum absolute atomic E-state index is 0.639. The first kappa shape index (κ1) is 7.37. The molecule has 0 radical (unpaired) electrons. The first-order valence-electron chi connectivity index (χ1n) is 3.56. The highest BCUT2D eigenvalue weighted by atomic mass is 35.5. The summed E-state index contributed by atoms with van der Waals surface area (Å²) >= 11 is 5.91. The fraction of sp³-hybridized carbons (Fsp3) is 0. The van der Waals surface area contributed by atoms with E-state index in [1.54, 1.807) is 12.4 Å². The molecule has 2 rings (SSSR count). The molecule has 0 fully saturated rings. The van der Waals surface area contributed by atoms with Gasteiger partial charge in [-0.2, -0.15) is 0 Å². The largest absolute Gasteiger partial charge is 0.399 e. The lowest BCUT2D eigenvalue weighted by Gasteiger charge is -1.99. The van der Waals surface area contributed by atoms with Gasteiger partial charge in [0.2, 0.25) is 0 Å². The molecule has 3 heteroatoms. The fourth-order valence-corrected chi connectivity index (χ4v) is 1.37. The van der Waals surface area contributed by atoms with Crippen LogP contribution in [0.5, 0.6) is 0 Å². The lowest BCUT2D eigenvalue weighted by atomic mass is 10.1. The average Bonchev–Trinajstić information content (AvgIpc) is 2.07. The summed E-state index contributed by atoms with van der Waals surface area (Å²) in [5.74, 6) is 0. The third-order valence-electron chi connectivity index (χ3n) is 1.74. The standard InChI is InChI=1S/C9H7ClN2/c10-9-5-12-4-6-1-2-7(11)3-8(6)9/h1-5H,11H2. The second-order valence-corrected chi connectivity index (χ2v) is 3.01. The predicted molar refractivity (Wildman–Crippen MR) is 51.2 cm³/mol. The summed E-state index contributed by atoms with van der Waals surface area (Å²) < 4.78 is 0. The number of nitrogen functional groups attached to an aromatic ring is 1. The molecular formula is C9H7ClN2. The number of aromatic nitrogens is 1. The Kier molecular flexibility index (Phi) is 1.62. The van der Waals surface area contributed by atoms with Crippen molar-refractivity contribution in [2.45, 2.75) is 0 Å². The van der Waals surface area contributed by atoms with Crippen LogP contribution in [0, 0.1) is 0 Å². The first-order chi connectivity index (χ1) is 5.77. The van der Waals surface area contributed by atoms with Gasteiger partial charge in [0.05, 0.1) is 5.02 Å². The van der Waals surface area contributed by atoms with E-state index < -0.39 is 0 Å². The van der Waals surface area contributed by atoms with E-state index in [-0.39, 0.29) is 0 Å². The van der Waals surface area contributed by atoms with Gasteiger partial charge in [-0.05, 0) is 12.1 Å². The monoisotopic (exact) mass is 178 g/mol. The lowest BCUT2D eigenvalue weighted by molar-refractivity contribution is 1.36. The van der Waals surface area contributed by atoms with Crippen LogP contribution in [0.4, 0.5) is 5.69 Å². The number of hydrogen-bond donors (Lipinski definition) is 1. The van der Waals surface area contributed by atoms with Crippen LogP contribution in [-0.4, -0.2) is 4.98 Å². The van der Waals surface area contributed by atoms with Crippen molar-refractivity contribution in [3.8, 4) is 0 Å². The Bertz CT molecular complexity index is 426. The van der Waals surface area contributed by atoms with Gasteiger partial charge in [0.1, 0.15) is 0 Å². The third-order valence-corrected chi connectivity index (χ3v) is 2.04. The lowest BCUT2D eigenvalue weighted by Crippen LogP contribution is -1.84. The van der Waals surface area contributed by atoms with E-state index in [9.17, 15) is 0 Å². The molecule has 12 heavy (non-hydrogen) atoms. The molecule has 2 aromatic rings. The van der Waals surface area contributed by atoms with Gasteiger partial charge in [-0.3, -0.25) is 4.98 Å². The molecule has 2 nitrogen and oxygen atoms in total. The molecule has 0 amide bonds. The van der Waals surface area contributed by atoms with Gasteiger partial charge in [-0.25, -0.2) is 0 Å². The van der Waals surface area contributed by atoms with E-state index in [1.807, 2.05) is 18.2 Å². The van der Waals surface area contributed by atoms with Crippen molar-refractivity contribution in [2.24, 2.45) is 0 Å². The van der Waals surface area contributed by atoms with Gasteiger partial charge >= 0.3 is 0 Å². The number of rotatable bonds is 0. The Labute approximate surface area is 75.0 Å². The minimum atomic E-state index is 0.639. The molecule has 0 unspecified atom stereocenters. The summed E-state index contributed by atoms with van der Waals surface area (Å²) in [4.78, 5) is 3.97. The van der Waals surface area contributed by atoms with Crippen LogP contribution in [0.25, 0.3) is 10.8 Å². The van der Waals surface area contributed by atoms with Crippen molar-refractivity contribution < 1.29 is 0 Å². The second-order valence-electron chi connectivity index (χ2n) is 2.60. The normalized spacial score (nSPS) is 10.4. The Hall–Kier alpha value is -1.28. The number of anilines is 1. The molecule has 0 aliphatic carbocycles. The molecule has 0 saturated heterocycles. The predicted octanol–water partition coefficient (Wildman–Crippen LogP) is 2.47. The van der Waals surface area contributed by atoms with E-state index in [2.05, 4.69) is 4.98 Å². The Morgan fingerprint density at radius 2 is 2.08 bits per heavy atom. The van der Waals surface area contributed by atoms with Gasteiger partial charge in [0.15, 0.2) is 0 Å². The maximum absolute atomic E-state index is 5.91. The van der Waals surface area contributed by atoms with Crippen LogP contribution in [0.15, 0.2) is 30.6 Å². The zero-order valence-electron chi connectivity index (χ0n) is 6.29. The van der Waals surface area contributed by atoms with E-state index in [4.69, 9.17) is 17.3 Å². The molecule has 2 N–H and O–H groups in total. The molecule has 60 valence electrons. The highest BCUT2D eigenvalue weighted by Gasteiger charge is 1.98. The van der Waals surface area contributed by atoms with Gasteiger partial charge in [0, 0.05) is 28.9 Å². The van der Waals surface area contributed by atoms with Crippen molar-refractivity contribution >= 4 is 28.1 Å². The molecule has 0 aliphatic heterocycles. The second kappa shape index (κ2) is 2.64. The Morgan fingerprint density at radius 1 is 1.25 bits per heavy atom. The maximum atomic E-state index is 5.91. The summed E-state index contributed by atoms with van der Waals surface area (Å²) in [6.45, 7) is 0. The Morgan fingerprint density at radius 3 is 2.92 bits per heavy atom. The zero-order valence-corrected chi connectivity index (χ0v) is 7.05. The minimum Gasteiger partial charge on any atom is -0.399 e. The number of hydrogen-bond acceptors (Lipinski definition) is 2. The SMILES string of the molecule is Nc1ccc2cncc(Cl)c2c1. The molecule has 1 aromatic heterocycles. The average molecular weight is 179 g/mol. The molecule has 0 bridgehead atoms. The summed E-state index contributed by atoms with van der Waals surface area (Å²) in [5.41, 5.74) is 6.33. The van der Waals surface area contributed by atoms with Crippen molar-refractivity contribution in [1.29, 1.82) is 0 Å². The molecule has 1 heterocycles. The van der Waals surface area contributed by atoms with Crippen LogP contribution >= 0.6 is 11.6 Å². The third kappa shape index (κ3) is 1.10. The van der Waals surface area contributed by atoms with Crippen LogP contribution in [0.3, 0.4) is 0 Å². The number of nitrogens with two attached hydrogens (primary N) is 1. The summed E-state index contributed by atoms with van der Waals surface area (Å²) in [6, 6.07) is 5.59. The quantitative estimate of drug-likeness (QED) is 0.630. The van der Waals surface area contributed by atoms with E-state index in [0.29, 0.717) is 5.02 Å². The van der Waals surface area contributed by atoms with Crippen molar-refractivity contribution in [3.05, 3.63) is 35.6 Å². The van der Waals surface area contributed by atoms with E-state index >= 15 is 0 Å². The van der Waals surface area contributed by atoms with Gasteiger partial charge < -0.3 is 5.73 Å². The Balaban J connectivity index is 2.88. The van der Waals surface area contributed by atoms with Gasteiger partial charge in [-0.15, -0.1) is 0 Å².